The van der Waals surface area contributed by atoms with E-state index in [4.69, 9.17) is 0 Å². The van der Waals surface area contributed by atoms with E-state index in [1.807, 2.05) is 12.1 Å². The Labute approximate surface area is 96.3 Å². The van der Waals surface area contributed by atoms with Crippen molar-refractivity contribution in [3.63, 3.8) is 0 Å². The molecule has 0 aliphatic carbocycles. The van der Waals surface area contributed by atoms with Gasteiger partial charge in [-0.05, 0) is 49.4 Å². The lowest BCUT2D eigenvalue weighted by molar-refractivity contribution is -0.103. The molecular formula is C14H15NO. The van der Waals surface area contributed by atoms with Crippen molar-refractivity contribution in [3.05, 3.63) is 29.8 Å². The van der Waals surface area contributed by atoms with E-state index in [9.17, 15) is 4.79 Å². The van der Waals surface area contributed by atoms with Crippen LogP contribution in [0.5, 0.6) is 0 Å². The molecule has 1 aromatic carbocycles. The lowest BCUT2D eigenvalue weighted by Gasteiger charge is -2.28. The van der Waals surface area contributed by atoms with Crippen LogP contribution in [0.25, 0.3) is 0 Å². The van der Waals surface area contributed by atoms with E-state index in [1.165, 1.54) is 24.9 Å². The Morgan fingerprint density at radius 3 is 2.38 bits per heavy atom. The number of carbonyl (C=O) groups excluding carboxylic acids is 1. The third-order valence-corrected chi connectivity index (χ3v) is 2.86. The Kier molecular flexibility index (Phi) is 3.61. The van der Waals surface area contributed by atoms with E-state index >= 15 is 0 Å². The molecular weight excluding hydrogens is 198 g/mol. The summed E-state index contributed by atoms with van der Waals surface area (Å²) in [6, 6.07) is 8.11. The highest BCUT2D eigenvalue weighted by molar-refractivity contribution is 5.74. The summed E-state index contributed by atoms with van der Waals surface area (Å²) < 4.78 is 0. The fourth-order valence-corrected chi connectivity index (χ4v) is 2.02. The summed E-state index contributed by atoms with van der Waals surface area (Å²) in [7, 11) is 0. The third kappa shape index (κ3) is 2.64. The molecule has 2 heteroatoms. The average molecular weight is 213 g/mol. The van der Waals surface area contributed by atoms with Crippen LogP contribution < -0.4 is 4.90 Å². The van der Waals surface area contributed by atoms with Gasteiger partial charge in [0.1, 0.15) is 0 Å². The zero-order valence-corrected chi connectivity index (χ0v) is 9.28. The molecule has 1 aliphatic rings. The Hall–Kier alpha value is -1.75. The zero-order chi connectivity index (χ0) is 11.2. The summed E-state index contributed by atoms with van der Waals surface area (Å²) in [5, 5.41) is 0. The van der Waals surface area contributed by atoms with Crippen molar-refractivity contribution >= 4 is 12.0 Å². The highest BCUT2D eigenvalue weighted by atomic mass is 16.1. The summed E-state index contributed by atoms with van der Waals surface area (Å²) in [6.07, 6.45) is 4.54. The molecule has 82 valence electrons. The van der Waals surface area contributed by atoms with Gasteiger partial charge in [-0.25, -0.2) is 0 Å². The van der Waals surface area contributed by atoms with Crippen LogP contribution in [0.3, 0.4) is 0 Å². The van der Waals surface area contributed by atoms with Crippen molar-refractivity contribution in [2.75, 3.05) is 18.0 Å². The number of aldehydes is 1. The van der Waals surface area contributed by atoms with Crippen LogP contribution in [-0.4, -0.2) is 19.4 Å². The average Bonchev–Trinajstić information content (AvgIpc) is 2.38. The molecule has 2 rings (SSSR count). The summed E-state index contributed by atoms with van der Waals surface area (Å²) >= 11 is 0. The molecule has 1 heterocycles. The van der Waals surface area contributed by atoms with Gasteiger partial charge in [-0.1, -0.05) is 5.92 Å². The van der Waals surface area contributed by atoms with Crippen LogP contribution in [0.1, 0.15) is 24.8 Å². The Morgan fingerprint density at radius 2 is 1.75 bits per heavy atom. The van der Waals surface area contributed by atoms with Gasteiger partial charge in [-0.15, -0.1) is 0 Å². The maximum atomic E-state index is 10.1. The van der Waals surface area contributed by atoms with Crippen LogP contribution in [0.15, 0.2) is 24.3 Å². The van der Waals surface area contributed by atoms with Gasteiger partial charge >= 0.3 is 0 Å². The van der Waals surface area contributed by atoms with Gasteiger partial charge in [-0.3, -0.25) is 4.79 Å². The van der Waals surface area contributed by atoms with Gasteiger partial charge in [0.2, 0.25) is 0 Å². The Balaban J connectivity index is 2.08. The van der Waals surface area contributed by atoms with Crippen molar-refractivity contribution in [2.24, 2.45) is 0 Å². The first kappa shape index (κ1) is 10.8. The number of anilines is 1. The first-order valence-electron chi connectivity index (χ1n) is 5.70. The number of carbonyl (C=O) groups is 1. The maximum absolute atomic E-state index is 10.1. The number of benzene rings is 1. The third-order valence-electron chi connectivity index (χ3n) is 2.86. The number of hydrogen-bond donors (Lipinski definition) is 0. The Morgan fingerprint density at radius 1 is 1.06 bits per heavy atom. The van der Waals surface area contributed by atoms with Gasteiger partial charge in [0, 0.05) is 24.3 Å². The topological polar surface area (TPSA) is 20.3 Å². The standard InChI is InChI=1S/C14H15NO/c16-12-4-5-13-6-8-14(9-7-13)15-10-2-1-3-11-15/h6-9,12H,1-3,10-11H2. The molecule has 1 saturated heterocycles. The molecule has 0 saturated carbocycles. The molecule has 0 aromatic heterocycles. The maximum Gasteiger partial charge on any atom is 0.193 e. The van der Waals surface area contributed by atoms with E-state index in [0.717, 1.165) is 18.7 Å². The second-order valence-corrected chi connectivity index (χ2v) is 3.98. The summed E-state index contributed by atoms with van der Waals surface area (Å²) in [5.41, 5.74) is 2.16. The molecule has 0 spiro atoms. The molecule has 1 aromatic rings. The van der Waals surface area contributed by atoms with E-state index in [-0.39, 0.29) is 0 Å². The van der Waals surface area contributed by atoms with Crippen molar-refractivity contribution < 1.29 is 4.79 Å². The predicted octanol–water partition coefficient (Wildman–Crippen LogP) is 2.23. The minimum absolute atomic E-state index is 0.624. The van der Waals surface area contributed by atoms with Gasteiger partial charge in [0.05, 0.1) is 0 Å². The minimum atomic E-state index is 0.624. The van der Waals surface area contributed by atoms with Crippen molar-refractivity contribution in [1.82, 2.24) is 0 Å². The van der Waals surface area contributed by atoms with Crippen molar-refractivity contribution in [2.45, 2.75) is 19.3 Å². The second-order valence-electron chi connectivity index (χ2n) is 3.98. The molecule has 0 atom stereocenters. The van der Waals surface area contributed by atoms with Crippen LogP contribution >= 0.6 is 0 Å². The van der Waals surface area contributed by atoms with Gasteiger partial charge in [-0.2, -0.15) is 0 Å². The molecule has 0 N–H and O–H groups in total. The number of hydrogen-bond acceptors (Lipinski definition) is 2. The first-order chi connectivity index (χ1) is 7.90. The Bertz CT molecular complexity index is 405. The molecule has 0 amide bonds. The predicted molar refractivity (Wildman–Crippen MR) is 65.4 cm³/mol. The van der Waals surface area contributed by atoms with Gasteiger partial charge in [0.15, 0.2) is 6.29 Å². The molecule has 0 radical (unpaired) electrons. The van der Waals surface area contributed by atoms with Crippen LogP contribution in [-0.2, 0) is 4.79 Å². The number of rotatable bonds is 1. The summed E-state index contributed by atoms with van der Waals surface area (Å²) in [6.45, 7) is 2.30. The quantitative estimate of drug-likeness (QED) is 0.526. The fraction of sp³-hybridized carbons (Fsp3) is 0.357. The van der Waals surface area contributed by atoms with Gasteiger partial charge in [0.25, 0.3) is 0 Å². The highest BCUT2D eigenvalue weighted by Gasteiger charge is 2.09. The first-order valence-corrected chi connectivity index (χ1v) is 5.70. The number of piperidine rings is 1. The van der Waals surface area contributed by atoms with Crippen molar-refractivity contribution in [1.29, 1.82) is 0 Å². The largest absolute Gasteiger partial charge is 0.372 e. The summed E-state index contributed by atoms with van der Waals surface area (Å²) in [5.74, 6) is 5.21. The van der Waals surface area contributed by atoms with Gasteiger partial charge < -0.3 is 4.90 Å². The molecule has 0 unspecified atom stereocenters. The lowest BCUT2D eigenvalue weighted by Crippen LogP contribution is -2.29. The van der Waals surface area contributed by atoms with E-state index in [2.05, 4.69) is 28.9 Å². The molecule has 1 aliphatic heterocycles. The molecule has 1 fully saturated rings. The van der Waals surface area contributed by atoms with E-state index in [0.29, 0.717) is 6.29 Å². The minimum Gasteiger partial charge on any atom is -0.372 e. The van der Waals surface area contributed by atoms with E-state index in [1.54, 1.807) is 0 Å². The molecule has 16 heavy (non-hydrogen) atoms. The number of nitrogens with zero attached hydrogens (tertiary/aromatic N) is 1. The SMILES string of the molecule is O=CC#Cc1ccc(N2CCCCC2)cc1. The fourth-order valence-electron chi connectivity index (χ4n) is 2.02. The monoisotopic (exact) mass is 213 g/mol. The normalized spacial score (nSPS) is 15.1. The van der Waals surface area contributed by atoms with E-state index < -0.39 is 0 Å². The zero-order valence-electron chi connectivity index (χ0n) is 9.28. The lowest BCUT2D eigenvalue weighted by atomic mass is 10.1. The van der Waals surface area contributed by atoms with Crippen LogP contribution in [0, 0.1) is 11.8 Å². The molecule has 0 bridgehead atoms. The van der Waals surface area contributed by atoms with Crippen LogP contribution in [0.4, 0.5) is 5.69 Å². The second kappa shape index (κ2) is 5.37. The molecule has 2 nitrogen and oxygen atoms in total. The smallest absolute Gasteiger partial charge is 0.193 e. The highest BCUT2D eigenvalue weighted by Crippen LogP contribution is 2.19. The van der Waals surface area contributed by atoms with Crippen LogP contribution in [0.2, 0.25) is 0 Å². The van der Waals surface area contributed by atoms with Crippen molar-refractivity contribution in [3.8, 4) is 11.8 Å². The summed E-state index contributed by atoms with van der Waals surface area (Å²) in [4.78, 5) is 12.5.